The molecule has 0 aliphatic rings. The summed E-state index contributed by atoms with van der Waals surface area (Å²) in [5.74, 6) is 2.03. The Kier molecular flexibility index (Phi) is 5.44. The average Bonchev–Trinajstić information content (AvgIpc) is 2.36. The maximum Gasteiger partial charge on any atom is 0.164 e. The molecule has 1 N–H and O–H groups in total. The molecule has 0 bridgehead atoms. The van der Waals surface area contributed by atoms with Gasteiger partial charge in [0, 0.05) is 18.2 Å². The molecule has 5 heteroatoms. The first-order chi connectivity index (χ1) is 8.91. The van der Waals surface area contributed by atoms with Crippen molar-refractivity contribution in [2.24, 2.45) is 0 Å². The SMILES string of the molecule is COc1cc(OC)c(OC)cc1CNOC(C)(C)C. The molecule has 0 aliphatic carbocycles. The van der Waals surface area contributed by atoms with E-state index in [0.717, 1.165) is 11.3 Å². The predicted molar refractivity (Wildman–Crippen MR) is 73.8 cm³/mol. The predicted octanol–water partition coefficient (Wildman–Crippen LogP) is 2.53. The van der Waals surface area contributed by atoms with Gasteiger partial charge in [0.1, 0.15) is 5.75 Å². The number of benzene rings is 1. The number of methoxy groups -OCH3 is 3. The van der Waals surface area contributed by atoms with E-state index >= 15 is 0 Å². The zero-order valence-corrected chi connectivity index (χ0v) is 12.5. The summed E-state index contributed by atoms with van der Waals surface area (Å²) in [5.41, 5.74) is 3.62. The maximum atomic E-state index is 5.49. The summed E-state index contributed by atoms with van der Waals surface area (Å²) in [5, 5.41) is 0. The molecule has 0 spiro atoms. The van der Waals surface area contributed by atoms with Gasteiger partial charge in [-0.25, -0.2) is 0 Å². The molecule has 108 valence electrons. The van der Waals surface area contributed by atoms with Gasteiger partial charge in [0.05, 0.1) is 26.9 Å². The van der Waals surface area contributed by atoms with Gasteiger partial charge in [-0.15, -0.1) is 0 Å². The highest BCUT2D eigenvalue weighted by Crippen LogP contribution is 2.34. The van der Waals surface area contributed by atoms with Crippen molar-refractivity contribution >= 4 is 0 Å². The van der Waals surface area contributed by atoms with Crippen LogP contribution in [0.1, 0.15) is 26.3 Å². The van der Waals surface area contributed by atoms with Crippen LogP contribution in [0.2, 0.25) is 0 Å². The summed E-state index contributed by atoms with van der Waals surface area (Å²) in [7, 11) is 4.82. The van der Waals surface area contributed by atoms with Crippen LogP contribution < -0.4 is 19.7 Å². The van der Waals surface area contributed by atoms with E-state index in [0.29, 0.717) is 18.0 Å². The molecule has 1 aromatic carbocycles. The monoisotopic (exact) mass is 269 g/mol. The number of hydrogen-bond acceptors (Lipinski definition) is 5. The van der Waals surface area contributed by atoms with Gasteiger partial charge in [-0.05, 0) is 26.8 Å². The maximum absolute atomic E-state index is 5.49. The van der Waals surface area contributed by atoms with E-state index in [1.54, 1.807) is 27.4 Å². The van der Waals surface area contributed by atoms with Crippen LogP contribution in [-0.2, 0) is 11.4 Å². The number of nitrogens with one attached hydrogen (secondary N) is 1. The lowest BCUT2D eigenvalue weighted by molar-refractivity contribution is -0.0759. The van der Waals surface area contributed by atoms with E-state index in [4.69, 9.17) is 19.0 Å². The van der Waals surface area contributed by atoms with Crippen molar-refractivity contribution in [3.63, 3.8) is 0 Å². The van der Waals surface area contributed by atoms with Gasteiger partial charge in [-0.1, -0.05) is 0 Å². The Morgan fingerprint density at radius 3 is 1.89 bits per heavy atom. The highest BCUT2D eigenvalue weighted by Gasteiger charge is 2.14. The van der Waals surface area contributed by atoms with Crippen molar-refractivity contribution in [1.82, 2.24) is 5.48 Å². The van der Waals surface area contributed by atoms with Crippen LogP contribution in [0.4, 0.5) is 0 Å². The highest BCUT2D eigenvalue weighted by atomic mass is 16.7. The van der Waals surface area contributed by atoms with E-state index in [9.17, 15) is 0 Å². The second-order valence-electron chi connectivity index (χ2n) is 5.05. The van der Waals surface area contributed by atoms with Crippen LogP contribution in [0, 0.1) is 0 Å². The fourth-order valence-electron chi connectivity index (χ4n) is 1.56. The van der Waals surface area contributed by atoms with Crippen molar-refractivity contribution in [2.45, 2.75) is 32.9 Å². The zero-order valence-electron chi connectivity index (χ0n) is 12.5. The number of rotatable bonds is 6. The van der Waals surface area contributed by atoms with Gasteiger partial charge >= 0.3 is 0 Å². The molecule has 5 nitrogen and oxygen atoms in total. The standard InChI is InChI=1S/C14H23NO4/c1-14(2,3)19-15-9-10-7-12(17-5)13(18-6)8-11(10)16-4/h7-8,15H,9H2,1-6H3. The molecule has 0 amide bonds. The number of hydrogen-bond donors (Lipinski definition) is 1. The van der Waals surface area contributed by atoms with Gasteiger partial charge in [0.2, 0.25) is 0 Å². The lowest BCUT2D eigenvalue weighted by atomic mass is 10.1. The van der Waals surface area contributed by atoms with Crippen LogP contribution in [-0.4, -0.2) is 26.9 Å². The average molecular weight is 269 g/mol. The Morgan fingerprint density at radius 2 is 1.42 bits per heavy atom. The molecule has 0 saturated carbocycles. The minimum Gasteiger partial charge on any atom is -0.496 e. The Balaban J connectivity index is 2.86. The van der Waals surface area contributed by atoms with E-state index in [2.05, 4.69) is 5.48 Å². The third kappa shape index (κ3) is 4.61. The quantitative estimate of drug-likeness (QED) is 0.804. The van der Waals surface area contributed by atoms with Crippen LogP contribution in [0.3, 0.4) is 0 Å². The van der Waals surface area contributed by atoms with E-state index < -0.39 is 0 Å². The number of hydroxylamine groups is 1. The van der Waals surface area contributed by atoms with Gasteiger partial charge in [-0.2, -0.15) is 5.48 Å². The molecule has 0 atom stereocenters. The summed E-state index contributed by atoms with van der Waals surface area (Å²) in [6.45, 7) is 6.45. The van der Waals surface area contributed by atoms with Crippen LogP contribution in [0.15, 0.2) is 12.1 Å². The Labute approximate surface area is 114 Å². The lowest BCUT2D eigenvalue weighted by Crippen LogP contribution is -2.28. The lowest BCUT2D eigenvalue weighted by Gasteiger charge is -2.20. The minimum atomic E-state index is -0.246. The molecular weight excluding hydrogens is 246 g/mol. The molecule has 0 heterocycles. The molecule has 0 unspecified atom stereocenters. The molecule has 0 fully saturated rings. The van der Waals surface area contributed by atoms with Gasteiger partial charge in [0.15, 0.2) is 11.5 Å². The molecule has 0 aromatic heterocycles. The van der Waals surface area contributed by atoms with Gasteiger partial charge in [0.25, 0.3) is 0 Å². The Hall–Kier alpha value is -1.46. The van der Waals surface area contributed by atoms with E-state index in [-0.39, 0.29) is 5.60 Å². The minimum absolute atomic E-state index is 0.246. The van der Waals surface area contributed by atoms with E-state index in [1.807, 2.05) is 26.8 Å². The second kappa shape index (κ2) is 6.63. The molecule has 0 aliphatic heterocycles. The summed E-state index contributed by atoms with van der Waals surface area (Å²) >= 11 is 0. The van der Waals surface area contributed by atoms with Crippen molar-refractivity contribution in [2.75, 3.05) is 21.3 Å². The topological polar surface area (TPSA) is 49.0 Å². The van der Waals surface area contributed by atoms with Crippen molar-refractivity contribution in [3.8, 4) is 17.2 Å². The van der Waals surface area contributed by atoms with E-state index in [1.165, 1.54) is 0 Å². The van der Waals surface area contributed by atoms with Crippen LogP contribution in [0.25, 0.3) is 0 Å². The Bertz CT molecular complexity index is 413. The summed E-state index contributed by atoms with van der Waals surface area (Å²) in [6, 6.07) is 3.67. The molecular formula is C14H23NO4. The van der Waals surface area contributed by atoms with Crippen molar-refractivity contribution in [3.05, 3.63) is 17.7 Å². The smallest absolute Gasteiger partial charge is 0.164 e. The van der Waals surface area contributed by atoms with Crippen LogP contribution in [0.5, 0.6) is 17.2 Å². The molecule has 1 rings (SSSR count). The zero-order chi connectivity index (χ0) is 14.5. The fourth-order valence-corrected chi connectivity index (χ4v) is 1.56. The second-order valence-corrected chi connectivity index (χ2v) is 5.05. The number of ether oxygens (including phenoxy) is 3. The van der Waals surface area contributed by atoms with Crippen molar-refractivity contribution < 1.29 is 19.0 Å². The first-order valence-electron chi connectivity index (χ1n) is 6.11. The third-order valence-corrected chi connectivity index (χ3v) is 2.43. The first kappa shape index (κ1) is 15.6. The molecule has 1 aromatic rings. The normalized spacial score (nSPS) is 11.3. The van der Waals surface area contributed by atoms with Gasteiger partial charge < -0.3 is 14.2 Å². The largest absolute Gasteiger partial charge is 0.496 e. The van der Waals surface area contributed by atoms with Crippen LogP contribution >= 0.6 is 0 Å². The molecule has 19 heavy (non-hydrogen) atoms. The third-order valence-electron chi connectivity index (χ3n) is 2.43. The summed E-state index contributed by atoms with van der Waals surface area (Å²) in [4.78, 5) is 5.49. The fraction of sp³-hybridized carbons (Fsp3) is 0.571. The molecule has 0 radical (unpaired) electrons. The van der Waals surface area contributed by atoms with Gasteiger partial charge in [-0.3, -0.25) is 4.84 Å². The molecule has 0 saturated heterocycles. The summed E-state index contributed by atoms with van der Waals surface area (Å²) < 4.78 is 15.8. The Morgan fingerprint density at radius 1 is 0.895 bits per heavy atom. The van der Waals surface area contributed by atoms with Crippen molar-refractivity contribution in [1.29, 1.82) is 0 Å². The first-order valence-corrected chi connectivity index (χ1v) is 6.11. The summed E-state index contributed by atoms with van der Waals surface area (Å²) in [6.07, 6.45) is 0. The highest BCUT2D eigenvalue weighted by molar-refractivity contribution is 5.50.